The van der Waals surface area contributed by atoms with Crippen molar-refractivity contribution in [2.24, 2.45) is 5.73 Å². The van der Waals surface area contributed by atoms with Gasteiger partial charge < -0.3 is 15.6 Å². The van der Waals surface area contributed by atoms with Gasteiger partial charge in [-0.2, -0.15) is 0 Å². The van der Waals surface area contributed by atoms with E-state index in [1.54, 1.807) is 0 Å². The Kier molecular flexibility index (Phi) is 5.11. The molecule has 0 aromatic heterocycles. The summed E-state index contributed by atoms with van der Waals surface area (Å²) in [4.78, 5) is 14.0. The Morgan fingerprint density at radius 1 is 1.30 bits per heavy atom. The van der Waals surface area contributed by atoms with Gasteiger partial charge >= 0.3 is 5.97 Å². The lowest BCUT2D eigenvalue weighted by atomic mass is 9.77. The van der Waals surface area contributed by atoms with Crippen LogP contribution in [0.2, 0.25) is 0 Å². The van der Waals surface area contributed by atoms with Crippen molar-refractivity contribution in [3.05, 3.63) is 35.9 Å². The zero-order valence-corrected chi connectivity index (χ0v) is 11.6. The van der Waals surface area contributed by atoms with Crippen LogP contribution in [0.3, 0.4) is 0 Å². The predicted octanol–water partition coefficient (Wildman–Crippen LogP) is 0.690. The quantitative estimate of drug-likeness (QED) is 0.800. The molecule has 1 saturated heterocycles. The van der Waals surface area contributed by atoms with E-state index < -0.39 is 11.4 Å². The summed E-state index contributed by atoms with van der Waals surface area (Å²) in [5.41, 5.74) is 5.61. The van der Waals surface area contributed by atoms with Crippen molar-refractivity contribution in [2.45, 2.75) is 11.8 Å². The smallest absolute Gasteiger partial charge is 0.315 e. The van der Waals surface area contributed by atoms with Gasteiger partial charge in [0.2, 0.25) is 0 Å². The van der Waals surface area contributed by atoms with Gasteiger partial charge in [0.25, 0.3) is 0 Å². The van der Waals surface area contributed by atoms with Crippen molar-refractivity contribution in [2.75, 3.05) is 39.4 Å². The van der Waals surface area contributed by atoms with E-state index in [2.05, 4.69) is 4.90 Å². The van der Waals surface area contributed by atoms with Crippen LogP contribution in [0.4, 0.5) is 0 Å². The molecular weight excluding hydrogens is 256 g/mol. The third-order valence-corrected chi connectivity index (χ3v) is 4.04. The van der Waals surface area contributed by atoms with Crippen LogP contribution in [0.25, 0.3) is 0 Å². The molecule has 5 nitrogen and oxygen atoms in total. The minimum atomic E-state index is -1.00. The second-order valence-electron chi connectivity index (χ2n) is 5.16. The van der Waals surface area contributed by atoms with E-state index in [0.717, 1.165) is 25.2 Å². The first kappa shape index (κ1) is 15.0. The summed E-state index contributed by atoms with van der Waals surface area (Å²) in [6.07, 6.45) is 0.517. The van der Waals surface area contributed by atoms with Crippen LogP contribution in [-0.2, 0) is 14.9 Å². The molecule has 0 aliphatic carbocycles. The number of carboxylic acids is 1. The van der Waals surface area contributed by atoms with Crippen LogP contribution < -0.4 is 5.73 Å². The molecular formula is C15H22N2O3. The lowest BCUT2D eigenvalue weighted by Gasteiger charge is -2.33. The van der Waals surface area contributed by atoms with Gasteiger partial charge in [0.05, 0.1) is 13.2 Å². The molecule has 0 spiro atoms. The molecule has 0 saturated carbocycles. The summed E-state index contributed by atoms with van der Waals surface area (Å²) in [5, 5.41) is 9.68. The lowest BCUT2D eigenvalue weighted by Crippen LogP contribution is -2.47. The van der Waals surface area contributed by atoms with E-state index >= 15 is 0 Å². The highest BCUT2D eigenvalue weighted by Gasteiger charge is 2.39. The first-order valence-corrected chi connectivity index (χ1v) is 6.98. The lowest BCUT2D eigenvalue weighted by molar-refractivity contribution is -0.144. The Labute approximate surface area is 119 Å². The SMILES string of the molecule is NCC(CCN1CCOCC1)(C(=O)O)c1ccccc1. The summed E-state index contributed by atoms with van der Waals surface area (Å²) in [6, 6.07) is 9.30. The topological polar surface area (TPSA) is 75.8 Å². The molecule has 110 valence electrons. The minimum absolute atomic E-state index is 0.108. The maximum Gasteiger partial charge on any atom is 0.315 e. The van der Waals surface area contributed by atoms with Gasteiger partial charge in [0.1, 0.15) is 5.41 Å². The minimum Gasteiger partial charge on any atom is -0.481 e. The molecule has 1 atom stereocenters. The van der Waals surface area contributed by atoms with Crippen molar-refractivity contribution in [1.82, 2.24) is 4.90 Å². The number of nitrogens with two attached hydrogens (primary N) is 1. The maximum atomic E-state index is 11.8. The van der Waals surface area contributed by atoms with E-state index in [0.29, 0.717) is 19.6 Å². The molecule has 1 aromatic carbocycles. The van der Waals surface area contributed by atoms with Crippen LogP contribution >= 0.6 is 0 Å². The fraction of sp³-hybridized carbons (Fsp3) is 0.533. The average molecular weight is 278 g/mol. The summed E-state index contributed by atoms with van der Waals surface area (Å²) in [7, 11) is 0. The first-order valence-electron chi connectivity index (χ1n) is 6.98. The van der Waals surface area contributed by atoms with Crippen LogP contribution in [-0.4, -0.2) is 55.4 Å². The van der Waals surface area contributed by atoms with Gasteiger partial charge in [-0.05, 0) is 18.5 Å². The Morgan fingerprint density at radius 3 is 2.50 bits per heavy atom. The number of hydrogen-bond acceptors (Lipinski definition) is 4. The highest BCUT2D eigenvalue weighted by atomic mass is 16.5. The second-order valence-corrected chi connectivity index (χ2v) is 5.16. The van der Waals surface area contributed by atoms with Gasteiger partial charge in [0, 0.05) is 19.6 Å². The Morgan fingerprint density at radius 2 is 1.95 bits per heavy atom. The normalized spacial score (nSPS) is 19.4. The summed E-state index contributed by atoms with van der Waals surface area (Å²) in [6.45, 7) is 3.98. The molecule has 3 N–H and O–H groups in total. The number of nitrogens with zero attached hydrogens (tertiary/aromatic N) is 1. The zero-order valence-electron chi connectivity index (χ0n) is 11.6. The molecule has 0 bridgehead atoms. The highest BCUT2D eigenvalue weighted by molar-refractivity contribution is 5.81. The van der Waals surface area contributed by atoms with Gasteiger partial charge in [-0.25, -0.2) is 0 Å². The molecule has 5 heteroatoms. The summed E-state index contributed by atoms with van der Waals surface area (Å²) < 4.78 is 5.31. The number of morpholine rings is 1. The Hall–Kier alpha value is -1.43. The van der Waals surface area contributed by atoms with Crippen molar-refractivity contribution in [3.8, 4) is 0 Å². The first-order chi connectivity index (χ1) is 9.69. The van der Waals surface area contributed by atoms with E-state index in [9.17, 15) is 9.90 Å². The summed E-state index contributed by atoms with van der Waals surface area (Å²) in [5.74, 6) is -0.848. The number of carboxylic acid groups (broad SMARTS) is 1. The van der Waals surface area contributed by atoms with E-state index in [4.69, 9.17) is 10.5 Å². The molecule has 20 heavy (non-hydrogen) atoms. The van der Waals surface area contributed by atoms with Gasteiger partial charge in [-0.1, -0.05) is 30.3 Å². The van der Waals surface area contributed by atoms with E-state index in [-0.39, 0.29) is 6.54 Å². The monoisotopic (exact) mass is 278 g/mol. The number of benzene rings is 1. The molecule has 1 unspecified atom stereocenters. The van der Waals surface area contributed by atoms with Gasteiger partial charge in [-0.3, -0.25) is 9.69 Å². The molecule has 1 aromatic rings. The fourth-order valence-corrected chi connectivity index (χ4v) is 2.61. The van der Waals surface area contributed by atoms with Crippen LogP contribution in [0.5, 0.6) is 0 Å². The number of rotatable bonds is 6. The zero-order chi connectivity index (χ0) is 14.4. The van der Waals surface area contributed by atoms with Crippen LogP contribution in [0, 0.1) is 0 Å². The van der Waals surface area contributed by atoms with Crippen molar-refractivity contribution in [3.63, 3.8) is 0 Å². The average Bonchev–Trinajstić information content (AvgIpc) is 2.50. The predicted molar refractivity (Wildman–Crippen MR) is 76.7 cm³/mol. The van der Waals surface area contributed by atoms with Gasteiger partial charge in [-0.15, -0.1) is 0 Å². The van der Waals surface area contributed by atoms with Crippen molar-refractivity contribution < 1.29 is 14.6 Å². The summed E-state index contributed by atoms with van der Waals surface area (Å²) >= 11 is 0. The van der Waals surface area contributed by atoms with Crippen molar-refractivity contribution in [1.29, 1.82) is 0 Å². The molecule has 1 fully saturated rings. The molecule has 1 aliphatic rings. The molecule has 2 rings (SSSR count). The van der Waals surface area contributed by atoms with Crippen molar-refractivity contribution >= 4 is 5.97 Å². The van der Waals surface area contributed by atoms with Gasteiger partial charge in [0.15, 0.2) is 0 Å². The molecule has 0 amide bonds. The Bertz CT molecular complexity index is 432. The van der Waals surface area contributed by atoms with E-state index in [1.807, 2.05) is 30.3 Å². The largest absolute Gasteiger partial charge is 0.481 e. The third-order valence-electron chi connectivity index (χ3n) is 4.04. The standard InChI is InChI=1S/C15H22N2O3/c16-12-15(14(18)19,13-4-2-1-3-5-13)6-7-17-8-10-20-11-9-17/h1-5H,6-12,16H2,(H,18,19). The van der Waals surface area contributed by atoms with Crippen LogP contribution in [0.15, 0.2) is 30.3 Å². The number of carbonyl (C=O) groups is 1. The van der Waals surface area contributed by atoms with Crippen LogP contribution in [0.1, 0.15) is 12.0 Å². The number of ether oxygens (including phenoxy) is 1. The second kappa shape index (κ2) is 6.83. The maximum absolute atomic E-state index is 11.8. The Balaban J connectivity index is 2.12. The molecule has 1 heterocycles. The molecule has 0 radical (unpaired) electrons. The highest BCUT2D eigenvalue weighted by Crippen LogP contribution is 2.28. The number of aliphatic carboxylic acids is 1. The van der Waals surface area contributed by atoms with E-state index in [1.165, 1.54) is 0 Å². The fourth-order valence-electron chi connectivity index (χ4n) is 2.61. The third kappa shape index (κ3) is 3.17. The molecule has 1 aliphatic heterocycles. The number of hydrogen-bond donors (Lipinski definition) is 2.